The molecule has 0 saturated carbocycles. The summed E-state index contributed by atoms with van der Waals surface area (Å²) in [5.41, 5.74) is 3.19. The zero-order chi connectivity index (χ0) is 22.1. The fourth-order valence-corrected chi connectivity index (χ4v) is 4.75. The van der Waals surface area contributed by atoms with Crippen molar-refractivity contribution in [2.45, 2.75) is 25.3 Å². The first-order valence-corrected chi connectivity index (χ1v) is 11.5. The third-order valence-corrected chi connectivity index (χ3v) is 7.25. The molecule has 0 fully saturated rings. The molecular formula is C21H23BrN4O3S. The summed E-state index contributed by atoms with van der Waals surface area (Å²) in [6.07, 6.45) is 0. The molecule has 0 unspecified atom stereocenters. The van der Waals surface area contributed by atoms with E-state index in [2.05, 4.69) is 26.3 Å². The molecule has 2 aromatic carbocycles. The smallest absolute Gasteiger partial charge is 0.255 e. The number of benzene rings is 2. The Morgan fingerprint density at radius 3 is 2.40 bits per heavy atom. The lowest BCUT2D eigenvalue weighted by molar-refractivity contribution is 0.102. The van der Waals surface area contributed by atoms with Crippen LogP contribution in [0.5, 0.6) is 0 Å². The van der Waals surface area contributed by atoms with Crippen LogP contribution in [0, 0.1) is 13.8 Å². The molecule has 9 heteroatoms. The van der Waals surface area contributed by atoms with Gasteiger partial charge in [-0.15, -0.1) is 0 Å². The second-order valence-corrected chi connectivity index (χ2v) is 10.1. The Hall–Kier alpha value is -2.49. The van der Waals surface area contributed by atoms with Gasteiger partial charge in [-0.25, -0.2) is 12.7 Å². The topological polar surface area (TPSA) is 84.3 Å². The van der Waals surface area contributed by atoms with E-state index in [9.17, 15) is 13.2 Å². The Balaban J connectivity index is 1.77. The van der Waals surface area contributed by atoms with Crippen LogP contribution in [0.2, 0.25) is 0 Å². The van der Waals surface area contributed by atoms with Crippen LogP contribution < -0.4 is 5.32 Å². The van der Waals surface area contributed by atoms with Crippen LogP contribution in [0.3, 0.4) is 0 Å². The zero-order valence-electron chi connectivity index (χ0n) is 17.2. The zero-order valence-corrected chi connectivity index (χ0v) is 19.6. The van der Waals surface area contributed by atoms with E-state index in [1.54, 1.807) is 30.7 Å². The fraction of sp³-hybridized carbons (Fsp3) is 0.238. The average Bonchev–Trinajstić information content (AvgIpc) is 2.96. The lowest BCUT2D eigenvalue weighted by atomic mass is 10.1. The number of nitrogens with one attached hydrogen (secondary N) is 1. The monoisotopic (exact) mass is 490 g/mol. The van der Waals surface area contributed by atoms with E-state index in [0.717, 1.165) is 10.0 Å². The summed E-state index contributed by atoms with van der Waals surface area (Å²) in [5, 5.41) is 7.26. The first-order chi connectivity index (χ1) is 14.1. The number of hydrogen-bond donors (Lipinski definition) is 1. The van der Waals surface area contributed by atoms with Crippen LogP contribution in [0.1, 0.15) is 27.3 Å². The lowest BCUT2D eigenvalue weighted by Crippen LogP contribution is -2.23. The predicted molar refractivity (Wildman–Crippen MR) is 120 cm³/mol. The molecule has 0 bridgehead atoms. The van der Waals surface area contributed by atoms with Gasteiger partial charge in [0.2, 0.25) is 10.0 Å². The number of rotatable bonds is 6. The number of sulfonamides is 1. The van der Waals surface area contributed by atoms with Gasteiger partial charge in [-0.2, -0.15) is 5.10 Å². The van der Waals surface area contributed by atoms with Crippen molar-refractivity contribution in [2.24, 2.45) is 0 Å². The molecule has 1 aromatic heterocycles. The van der Waals surface area contributed by atoms with Crippen LogP contribution in [0.25, 0.3) is 0 Å². The van der Waals surface area contributed by atoms with E-state index >= 15 is 0 Å². The van der Waals surface area contributed by atoms with E-state index in [4.69, 9.17) is 0 Å². The molecule has 0 aliphatic rings. The van der Waals surface area contributed by atoms with Crippen molar-refractivity contribution in [3.8, 4) is 0 Å². The van der Waals surface area contributed by atoms with Gasteiger partial charge in [-0.3, -0.25) is 9.48 Å². The van der Waals surface area contributed by atoms with E-state index < -0.39 is 10.0 Å². The summed E-state index contributed by atoms with van der Waals surface area (Å²) >= 11 is 3.38. The number of halogens is 1. The third-order valence-electron chi connectivity index (χ3n) is 4.68. The van der Waals surface area contributed by atoms with Crippen molar-refractivity contribution in [3.05, 3.63) is 75.5 Å². The molecular weight excluding hydrogens is 468 g/mol. The third kappa shape index (κ3) is 4.63. The van der Waals surface area contributed by atoms with Gasteiger partial charge >= 0.3 is 0 Å². The minimum atomic E-state index is -3.57. The average molecular weight is 491 g/mol. The summed E-state index contributed by atoms with van der Waals surface area (Å²) in [7, 11) is -0.560. The number of amides is 1. The largest absolute Gasteiger partial charge is 0.322 e. The van der Waals surface area contributed by atoms with E-state index in [1.807, 2.05) is 36.4 Å². The number of aromatic nitrogens is 2. The lowest BCUT2D eigenvalue weighted by Gasteiger charge is -2.12. The van der Waals surface area contributed by atoms with Crippen LogP contribution in [-0.2, 0) is 16.6 Å². The van der Waals surface area contributed by atoms with Crippen molar-refractivity contribution in [3.63, 3.8) is 0 Å². The fourth-order valence-electron chi connectivity index (χ4n) is 3.09. The van der Waals surface area contributed by atoms with E-state index in [1.165, 1.54) is 18.4 Å². The Bertz CT molecular complexity index is 1190. The highest BCUT2D eigenvalue weighted by molar-refractivity contribution is 9.10. The van der Waals surface area contributed by atoms with Gasteiger partial charge in [0.05, 0.1) is 17.9 Å². The number of hydrogen-bond acceptors (Lipinski definition) is 4. The molecule has 158 valence electrons. The van der Waals surface area contributed by atoms with Gasteiger partial charge < -0.3 is 5.32 Å². The maximum absolute atomic E-state index is 12.6. The molecule has 30 heavy (non-hydrogen) atoms. The van der Waals surface area contributed by atoms with E-state index in [-0.39, 0.29) is 10.8 Å². The summed E-state index contributed by atoms with van der Waals surface area (Å²) in [5.74, 6) is -0.204. The summed E-state index contributed by atoms with van der Waals surface area (Å²) in [6, 6.07) is 14.5. The second-order valence-electron chi connectivity index (χ2n) is 7.11. The molecule has 0 atom stereocenters. The number of anilines is 1. The van der Waals surface area contributed by atoms with Gasteiger partial charge in [0.1, 0.15) is 4.90 Å². The quantitative estimate of drug-likeness (QED) is 0.569. The van der Waals surface area contributed by atoms with Crippen molar-refractivity contribution in [1.82, 2.24) is 14.1 Å². The Morgan fingerprint density at radius 1 is 1.13 bits per heavy atom. The van der Waals surface area contributed by atoms with Crippen molar-refractivity contribution < 1.29 is 13.2 Å². The van der Waals surface area contributed by atoms with Crippen molar-refractivity contribution in [1.29, 1.82) is 0 Å². The Kier molecular flexibility index (Phi) is 6.44. The Labute approximate surface area is 184 Å². The molecule has 3 rings (SSSR count). The SMILES string of the molecule is Cc1nn(Cc2ccc(C(=O)Nc3cccc(Br)c3)cc2)c(C)c1S(=O)(=O)N(C)C. The van der Waals surface area contributed by atoms with Gasteiger partial charge in [0.25, 0.3) is 5.91 Å². The Morgan fingerprint density at radius 2 is 1.80 bits per heavy atom. The summed E-state index contributed by atoms with van der Waals surface area (Å²) < 4.78 is 28.9. The highest BCUT2D eigenvalue weighted by atomic mass is 79.9. The van der Waals surface area contributed by atoms with Crippen molar-refractivity contribution >= 4 is 37.5 Å². The van der Waals surface area contributed by atoms with Gasteiger partial charge in [-0.05, 0) is 49.7 Å². The maximum atomic E-state index is 12.6. The van der Waals surface area contributed by atoms with Gasteiger partial charge in [0.15, 0.2) is 0 Å². The first kappa shape index (κ1) is 22.2. The molecule has 0 aliphatic heterocycles. The number of carbonyl (C=O) groups is 1. The molecule has 1 heterocycles. The van der Waals surface area contributed by atoms with Crippen LogP contribution >= 0.6 is 15.9 Å². The first-order valence-electron chi connectivity index (χ1n) is 9.22. The predicted octanol–water partition coefficient (Wildman–Crippen LogP) is 3.81. The maximum Gasteiger partial charge on any atom is 0.255 e. The van der Waals surface area contributed by atoms with Gasteiger partial charge in [-0.1, -0.05) is 34.1 Å². The molecule has 0 spiro atoms. The number of carbonyl (C=O) groups excluding carboxylic acids is 1. The minimum absolute atomic E-state index is 0.204. The molecule has 3 aromatic rings. The molecule has 0 aliphatic carbocycles. The standard InChI is InChI=1S/C21H23BrN4O3S/c1-14-20(30(28,29)25(3)4)15(2)26(24-14)13-16-8-10-17(11-9-16)21(27)23-19-7-5-6-18(22)12-19/h5-12H,13H2,1-4H3,(H,23,27). The van der Waals surface area contributed by atoms with Crippen LogP contribution in [0.15, 0.2) is 57.9 Å². The van der Waals surface area contributed by atoms with Crippen LogP contribution in [0.4, 0.5) is 5.69 Å². The molecule has 7 nitrogen and oxygen atoms in total. The molecule has 1 N–H and O–H groups in total. The summed E-state index contributed by atoms with van der Waals surface area (Å²) in [4.78, 5) is 12.7. The normalized spacial score (nSPS) is 11.7. The highest BCUT2D eigenvalue weighted by Gasteiger charge is 2.26. The second kappa shape index (κ2) is 8.71. The van der Waals surface area contributed by atoms with E-state index in [0.29, 0.717) is 29.2 Å². The van der Waals surface area contributed by atoms with Crippen LogP contribution in [-0.4, -0.2) is 42.5 Å². The minimum Gasteiger partial charge on any atom is -0.322 e. The van der Waals surface area contributed by atoms with Crippen molar-refractivity contribution in [2.75, 3.05) is 19.4 Å². The highest BCUT2D eigenvalue weighted by Crippen LogP contribution is 2.23. The molecule has 1 amide bonds. The van der Waals surface area contributed by atoms with Gasteiger partial charge in [0, 0.05) is 29.8 Å². The number of nitrogens with zero attached hydrogens (tertiary/aromatic N) is 3. The number of aryl methyl sites for hydroxylation is 1. The molecule has 0 radical (unpaired) electrons. The molecule has 0 saturated heterocycles. The summed E-state index contributed by atoms with van der Waals surface area (Å²) in [6.45, 7) is 3.84.